The average Bonchev–Trinajstić information content (AvgIpc) is 2.16. The van der Waals surface area contributed by atoms with Crippen LogP contribution < -0.4 is 0 Å². The van der Waals surface area contributed by atoms with Crippen molar-refractivity contribution in [3.05, 3.63) is 34.5 Å². The molecule has 0 atom stereocenters. The Morgan fingerprint density at radius 1 is 1.64 bits per heavy atom. The number of allylic oxidation sites excluding steroid dienone is 2. The molecule has 0 rings (SSSR count). The summed E-state index contributed by atoms with van der Waals surface area (Å²) in [5.74, 6) is -1.26. The van der Waals surface area contributed by atoms with E-state index >= 15 is 0 Å². The first kappa shape index (κ1) is 12.2. The predicted octanol–water partition coefficient (Wildman–Crippen LogP) is 2.27. The topological polar surface area (TPSA) is 75.1 Å². The van der Waals surface area contributed by atoms with E-state index in [-0.39, 0.29) is 13.2 Å². The normalized spacial score (nSPS) is 11.1. The molecule has 0 unspecified atom stereocenters. The van der Waals surface area contributed by atoms with Crippen LogP contribution >= 0.6 is 0 Å². The Morgan fingerprint density at radius 2 is 2.36 bits per heavy atom. The number of azide groups is 1. The molecule has 0 radical (unpaired) electrons. The lowest BCUT2D eigenvalue weighted by atomic mass is 10.4. The van der Waals surface area contributed by atoms with Crippen LogP contribution in [0.3, 0.4) is 0 Å². The minimum Gasteiger partial charge on any atom is -0.463 e. The van der Waals surface area contributed by atoms with Gasteiger partial charge in [-0.2, -0.15) is 0 Å². The summed E-state index contributed by atoms with van der Waals surface area (Å²) in [7, 11) is 0. The third kappa shape index (κ3) is 6.87. The molecule has 76 valence electrons. The lowest BCUT2D eigenvalue weighted by Gasteiger charge is -1.93. The Morgan fingerprint density at radius 3 is 2.93 bits per heavy atom. The van der Waals surface area contributed by atoms with Gasteiger partial charge in [0.15, 0.2) is 0 Å². The van der Waals surface area contributed by atoms with Gasteiger partial charge in [-0.3, -0.25) is 0 Å². The van der Waals surface area contributed by atoms with Gasteiger partial charge in [0, 0.05) is 17.5 Å². The van der Waals surface area contributed by atoms with Gasteiger partial charge in [0.2, 0.25) is 0 Å². The van der Waals surface area contributed by atoms with Crippen LogP contribution in [0.5, 0.6) is 0 Å². The second-order valence-electron chi connectivity index (χ2n) is 2.09. The number of carbonyl (C=O) groups is 1. The Labute approximate surface area is 80.5 Å². The maximum atomic E-state index is 12.7. The Kier molecular flexibility index (Phi) is 6.81. The summed E-state index contributed by atoms with van der Waals surface area (Å²) in [6.07, 6.45) is 2.96. The molecular weight excluding hydrogens is 189 g/mol. The number of hydrogen-bond donors (Lipinski definition) is 0. The molecule has 6 heteroatoms. The summed E-state index contributed by atoms with van der Waals surface area (Å²) in [4.78, 5) is 13.1. The van der Waals surface area contributed by atoms with Crippen LogP contribution in [0.25, 0.3) is 10.4 Å². The molecule has 0 aliphatic heterocycles. The highest BCUT2D eigenvalue weighted by Crippen LogP contribution is 1.98. The Hall–Kier alpha value is -1.81. The molecular formula is C8H10FN3O2. The number of nitrogens with zero attached hydrogens (tertiary/aromatic N) is 3. The van der Waals surface area contributed by atoms with Gasteiger partial charge >= 0.3 is 5.97 Å². The van der Waals surface area contributed by atoms with Crippen molar-refractivity contribution in [2.75, 3.05) is 13.2 Å². The molecule has 0 aromatic rings. The zero-order valence-electron chi connectivity index (χ0n) is 7.68. The number of esters is 1. The highest BCUT2D eigenvalue weighted by molar-refractivity contribution is 5.82. The summed E-state index contributed by atoms with van der Waals surface area (Å²) in [6, 6.07) is 0. The molecule has 0 saturated carbocycles. The van der Waals surface area contributed by atoms with E-state index in [2.05, 4.69) is 14.8 Å². The molecule has 0 fully saturated rings. The van der Waals surface area contributed by atoms with Crippen molar-refractivity contribution in [3.8, 4) is 0 Å². The van der Waals surface area contributed by atoms with Crippen molar-refractivity contribution in [1.82, 2.24) is 0 Å². The lowest BCUT2D eigenvalue weighted by molar-refractivity contribution is -0.137. The van der Waals surface area contributed by atoms with Crippen LogP contribution in [0, 0.1) is 0 Å². The monoisotopic (exact) mass is 199 g/mol. The summed E-state index contributed by atoms with van der Waals surface area (Å²) < 4.78 is 17.2. The standard InChI is InChI=1S/C8H10FN3O2/c1-2-14-8(13)4-3-7(9)5-6-11-12-10/h3-5H,2,6H2,1H3/b4-3+,7-5-. The van der Waals surface area contributed by atoms with Crippen molar-refractivity contribution < 1.29 is 13.9 Å². The van der Waals surface area contributed by atoms with Crippen molar-refractivity contribution in [3.63, 3.8) is 0 Å². The minimum atomic E-state index is -0.648. The van der Waals surface area contributed by atoms with E-state index in [9.17, 15) is 9.18 Å². The van der Waals surface area contributed by atoms with E-state index in [1.54, 1.807) is 6.92 Å². The summed E-state index contributed by atoms with van der Waals surface area (Å²) in [5, 5.41) is 3.09. The highest BCUT2D eigenvalue weighted by Gasteiger charge is 1.93. The fourth-order valence-corrected chi connectivity index (χ4v) is 0.571. The van der Waals surface area contributed by atoms with Gasteiger partial charge in [0.25, 0.3) is 0 Å². The van der Waals surface area contributed by atoms with Crippen LogP contribution in [-0.2, 0) is 9.53 Å². The molecule has 0 aliphatic carbocycles. The van der Waals surface area contributed by atoms with Gasteiger partial charge in [0.1, 0.15) is 5.83 Å². The van der Waals surface area contributed by atoms with Gasteiger partial charge < -0.3 is 4.74 Å². The SMILES string of the molecule is CCOC(=O)/C=C/C(F)=C/CN=[N+]=[N-]. The van der Waals surface area contributed by atoms with Crippen LogP contribution in [0.1, 0.15) is 6.92 Å². The van der Waals surface area contributed by atoms with Crippen molar-refractivity contribution in [2.45, 2.75) is 6.92 Å². The third-order valence-corrected chi connectivity index (χ3v) is 1.10. The summed E-state index contributed by atoms with van der Waals surface area (Å²) >= 11 is 0. The number of carbonyl (C=O) groups excluding carboxylic acids is 1. The van der Waals surface area contributed by atoms with Crippen molar-refractivity contribution in [2.24, 2.45) is 5.11 Å². The number of halogens is 1. The van der Waals surface area contributed by atoms with Gasteiger partial charge in [-0.15, -0.1) is 0 Å². The molecule has 0 aromatic heterocycles. The molecule has 5 nitrogen and oxygen atoms in total. The van der Waals surface area contributed by atoms with Gasteiger partial charge in [0.05, 0.1) is 6.61 Å². The molecule has 0 aliphatic rings. The highest BCUT2D eigenvalue weighted by atomic mass is 19.1. The first-order valence-electron chi connectivity index (χ1n) is 3.92. The van der Waals surface area contributed by atoms with Gasteiger partial charge in [-0.25, -0.2) is 9.18 Å². The smallest absolute Gasteiger partial charge is 0.330 e. The van der Waals surface area contributed by atoms with Gasteiger partial charge in [-0.05, 0) is 24.6 Å². The molecule has 0 spiro atoms. The van der Waals surface area contributed by atoms with E-state index < -0.39 is 11.8 Å². The molecule has 0 heterocycles. The first-order valence-corrected chi connectivity index (χ1v) is 3.92. The number of hydrogen-bond acceptors (Lipinski definition) is 3. The quantitative estimate of drug-likeness (QED) is 0.170. The zero-order chi connectivity index (χ0) is 10.8. The maximum Gasteiger partial charge on any atom is 0.330 e. The van der Waals surface area contributed by atoms with Crippen molar-refractivity contribution >= 4 is 5.97 Å². The van der Waals surface area contributed by atoms with Crippen LogP contribution in [0.15, 0.2) is 29.2 Å². The molecule has 0 bridgehead atoms. The molecule has 14 heavy (non-hydrogen) atoms. The minimum absolute atomic E-state index is 0.0878. The average molecular weight is 199 g/mol. The maximum absolute atomic E-state index is 12.7. The van der Waals surface area contributed by atoms with E-state index in [0.717, 1.165) is 18.2 Å². The second kappa shape index (κ2) is 7.82. The Balaban J connectivity index is 4.02. The number of rotatable bonds is 5. The molecule has 0 amide bonds. The number of ether oxygens (including phenoxy) is 1. The van der Waals surface area contributed by atoms with E-state index in [1.807, 2.05) is 0 Å². The Bertz CT molecular complexity index is 293. The largest absolute Gasteiger partial charge is 0.463 e. The second-order valence-corrected chi connectivity index (χ2v) is 2.09. The fourth-order valence-electron chi connectivity index (χ4n) is 0.571. The van der Waals surface area contributed by atoms with Crippen LogP contribution in [0.2, 0.25) is 0 Å². The van der Waals surface area contributed by atoms with E-state index in [4.69, 9.17) is 5.53 Å². The fraction of sp³-hybridized carbons (Fsp3) is 0.375. The summed E-state index contributed by atoms with van der Waals surface area (Å²) in [6.45, 7) is 1.81. The zero-order valence-corrected chi connectivity index (χ0v) is 7.68. The summed E-state index contributed by atoms with van der Waals surface area (Å²) in [5.41, 5.74) is 7.88. The van der Waals surface area contributed by atoms with Gasteiger partial charge in [-0.1, -0.05) is 5.11 Å². The molecule has 0 saturated heterocycles. The first-order chi connectivity index (χ1) is 6.70. The van der Waals surface area contributed by atoms with E-state index in [0.29, 0.717) is 0 Å². The van der Waals surface area contributed by atoms with Crippen LogP contribution in [0.4, 0.5) is 4.39 Å². The molecule has 0 aromatic carbocycles. The lowest BCUT2D eigenvalue weighted by Crippen LogP contribution is -1.98. The van der Waals surface area contributed by atoms with Crippen LogP contribution in [-0.4, -0.2) is 19.1 Å². The third-order valence-electron chi connectivity index (χ3n) is 1.10. The van der Waals surface area contributed by atoms with E-state index in [1.165, 1.54) is 0 Å². The molecule has 0 N–H and O–H groups in total. The van der Waals surface area contributed by atoms with Crippen molar-refractivity contribution in [1.29, 1.82) is 0 Å². The predicted molar refractivity (Wildman–Crippen MR) is 49.0 cm³/mol.